The molecule has 8 heteroatoms. The molecule has 0 saturated carbocycles. The number of aryl methyl sites for hydroxylation is 1. The Morgan fingerprint density at radius 1 is 0.879 bits per heavy atom. The molecule has 2 N–H and O–H groups in total. The van der Waals surface area contributed by atoms with Gasteiger partial charge in [0, 0.05) is 52.8 Å². The Bertz CT molecular complexity index is 1440. The highest BCUT2D eigenvalue weighted by molar-refractivity contribution is 7.92. The van der Waals surface area contributed by atoms with Gasteiger partial charge in [-0.15, -0.1) is 0 Å². The quantitative estimate of drug-likeness (QED) is 0.425. The van der Waals surface area contributed by atoms with Crippen molar-refractivity contribution in [1.29, 1.82) is 0 Å². The first-order chi connectivity index (χ1) is 16.0. The fourth-order valence-corrected chi connectivity index (χ4v) is 5.56. The number of carbonyl (C=O) groups excluding carboxylic acids is 1. The van der Waals surface area contributed by atoms with Crippen LogP contribution in [0.4, 0.5) is 16.2 Å². The summed E-state index contributed by atoms with van der Waals surface area (Å²) in [7, 11) is -3.77. The first-order valence-electron chi connectivity index (χ1n) is 11.2. The largest absolute Gasteiger partial charge is 0.341 e. The van der Waals surface area contributed by atoms with Gasteiger partial charge in [0.25, 0.3) is 10.0 Å². The second-order valence-electron chi connectivity index (χ2n) is 8.25. The van der Waals surface area contributed by atoms with Gasteiger partial charge in [-0.3, -0.25) is 4.72 Å². The molecule has 0 spiro atoms. The maximum absolute atomic E-state index is 13.0. The monoisotopic (exact) mass is 462 g/mol. The van der Waals surface area contributed by atoms with Crippen LogP contribution in [0.5, 0.6) is 0 Å². The Morgan fingerprint density at radius 2 is 1.55 bits per heavy atom. The molecule has 2 heterocycles. The van der Waals surface area contributed by atoms with Crippen LogP contribution in [-0.4, -0.2) is 37.0 Å². The lowest BCUT2D eigenvalue weighted by molar-refractivity contribution is 0.222. The smallest absolute Gasteiger partial charge is 0.321 e. The molecule has 1 aromatic heterocycles. The summed E-state index contributed by atoms with van der Waals surface area (Å²) in [6, 6.07) is 19.8. The zero-order valence-corrected chi connectivity index (χ0v) is 19.2. The number of para-hydroxylation sites is 1. The number of anilines is 2. The van der Waals surface area contributed by atoms with Gasteiger partial charge in [0.2, 0.25) is 0 Å². The summed E-state index contributed by atoms with van der Waals surface area (Å²) in [5.41, 5.74) is 3.27. The first kappa shape index (κ1) is 21.3. The number of benzene rings is 3. The minimum Gasteiger partial charge on any atom is -0.341 e. The topological polar surface area (TPSA) is 83.4 Å². The highest BCUT2D eigenvalue weighted by Crippen LogP contribution is 2.31. The Kier molecular flexibility index (Phi) is 5.46. The van der Waals surface area contributed by atoms with Crippen molar-refractivity contribution in [2.75, 3.05) is 23.1 Å². The van der Waals surface area contributed by atoms with E-state index in [-0.39, 0.29) is 10.9 Å². The number of likely N-dealkylation sites (tertiary alicyclic amines) is 1. The van der Waals surface area contributed by atoms with Crippen molar-refractivity contribution in [2.24, 2.45) is 0 Å². The van der Waals surface area contributed by atoms with Crippen LogP contribution in [0.15, 0.2) is 71.6 Å². The van der Waals surface area contributed by atoms with E-state index in [4.69, 9.17) is 0 Å². The second-order valence-corrected chi connectivity index (χ2v) is 9.93. The molecule has 1 fully saturated rings. The lowest BCUT2D eigenvalue weighted by Crippen LogP contribution is -2.32. The maximum Gasteiger partial charge on any atom is 0.321 e. The van der Waals surface area contributed by atoms with Crippen LogP contribution in [0.25, 0.3) is 21.8 Å². The summed E-state index contributed by atoms with van der Waals surface area (Å²) in [6.07, 6.45) is 2.03. The third-order valence-electron chi connectivity index (χ3n) is 6.15. The molecule has 7 nitrogen and oxygen atoms in total. The lowest BCUT2D eigenvalue weighted by atomic mass is 10.1. The molecule has 2 amide bonds. The summed E-state index contributed by atoms with van der Waals surface area (Å²) in [4.78, 5) is 14.1. The zero-order valence-electron chi connectivity index (χ0n) is 18.4. The van der Waals surface area contributed by atoms with E-state index in [2.05, 4.69) is 33.7 Å². The number of hydrogen-bond acceptors (Lipinski definition) is 3. The number of hydrogen-bond donors (Lipinski definition) is 2. The van der Waals surface area contributed by atoms with Crippen LogP contribution in [0.2, 0.25) is 0 Å². The number of amides is 2. The van der Waals surface area contributed by atoms with Gasteiger partial charge in [-0.25, -0.2) is 13.2 Å². The number of sulfonamides is 1. The van der Waals surface area contributed by atoms with Crippen molar-refractivity contribution in [2.45, 2.75) is 31.2 Å². The molecule has 1 aliphatic heterocycles. The Balaban J connectivity index is 1.38. The molecule has 0 radical (unpaired) electrons. The van der Waals surface area contributed by atoms with Crippen LogP contribution < -0.4 is 10.0 Å². The number of carbonyl (C=O) groups is 1. The fourth-order valence-electron chi connectivity index (χ4n) is 4.51. The van der Waals surface area contributed by atoms with Crippen LogP contribution in [-0.2, 0) is 16.6 Å². The number of aromatic nitrogens is 1. The molecule has 3 aromatic carbocycles. The van der Waals surface area contributed by atoms with E-state index in [1.54, 1.807) is 23.1 Å². The average molecular weight is 463 g/mol. The van der Waals surface area contributed by atoms with Gasteiger partial charge in [-0.1, -0.05) is 18.2 Å². The van der Waals surface area contributed by atoms with Crippen LogP contribution in [0, 0.1) is 0 Å². The third kappa shape index (κ3) is 4.02. The van der Waals surface area contributed by atoms with E-state index in [0.29, 0.717) is 11.4 Å². The Labute approximate surface area is 193 Å². The molecule has 0 bridgehead atoms. The average Bonchev–Trinajstić information content (AvgIpc) is 3.46. The molecule has 1 aliphatic rings. The van der Waals surface area contributed by atoms with Gasteiger partial charge in [-0.05, 0) is 68.3 Å². The zero-order chi connectivity index (χ0) is 23.0. The molecule has 0 aliphatic carbocycles. The minimum atomic E-state index is -3.77. The van der Waals surface area contributed by atoms with Gasteiger partial charge in [0.05, 0.1) is 4.90 Å². The van der Waals surface area contributed by atoms with Crippen molar-refractivity contribution in [3.05, 3.63) is 66.7 Å². The molecule has 33 heavy (non-hydrogen) atoms. The van der Waals surface area contributed by atoms with E-state index < -0.39 is 10.0 Å². The molecule has 0 unspecified atom stereocenters. The van der Waals surface area contributed by atoms with Gasteiger partial charge >= 0.3 is 6.03 Å². The van der Waals surface area contributed by atoms with Crippen LogP contribution in [0.1, 0.15) is 19.8 Å². The number of nitrogens with zero attached hydrogens (tertiary/aromatic N) is 2. The molecule has 5 rings (SSSR count). The van der Waals surface area contributed by atoms with Crippen molar-refractivity contribution >= 4 is 49.2 Å². The fraction of sp³-hybridized carbons (Fsp3) is 0.240. The summed E-state index contributed by atoms with van der Waals surface area (Å²) >= 11 is 0. The first-order valence-corrected chi connectivity index (χ1v) is 12.6. The number of nitrogens with one attached hydrogen (secondary N) is 2. The standard InChI is InChI=1S/C25H26N4O3S/c1-2-29-23-8-4-3-7-21(23)22-17-19(11-14-24(22)29)27-33(31,32)20-12-9-18(10-13-20)26-25(30)28-15-5-6-16-28/h3-4,7-14,17,27H,2,5-6,15-16H2,1H3,(H,26,30). The predicted octanol–water partition coefficient (Wildman–Crippen LogP) is 5.24. The van der Waals surface area contributed by atoms with E-state index in [1.807, 2.05) is 24.3 Å². The SMILES string of the molecule is CCn1c2ccccc2c2cc(NS(=O)(=O)c3ccc(NC(=O)N4CCCC4)cc3)ccc21. The summed E-state index contributed by atoms with van der Waals surface area (Å²) < 4.78 is 30.9. The molecule has 4 aromatic rings. The summed E-state index contributed by atoms with van der Waals surface area (Å²) in [5.74, 6) is 0. The molecular formula is C25H26N4O3S. The predicted molar refractivity (Wildman–Crippen MR) is 132 cm³/mol. The molecule has 170 valence electrons. The van der Waals surface area contributed by atoms with Gasteiger partial charge < -0.3 is 14.8 Å². The van der Waals surface area contributed by atoms with E-state index in [1.165, 1.54) is 12.1 Å². The van der Waals surface area contributed by atoms with Crippen molar-refractivity contribution in [1.82, 2.24) is 9.47 Å². The molecule has 1 saturated heterocycles. The highest BCUT2D eigenvalue weighted by Gasteiger charge is 2.19. The van der Waals surface area contributed by atoms with Crippen molar-refractivity contribution < 1.29 is 13.2 Å². The molecule has 0 atom stereocenters. The van der Waals surface area contributed by atoms with Crippen LogP contribution in [0.3, 0.4) is 0 Å². The van der Waals surface area contributed by atoms with Gasteiger partial charge in [0.1, 0.15) is 0 Å². The second kappa shape index (κ2) is 8.44. The van der Waals surface area contributed by atoms with E-state index in [9.17, 15) is 13.2 Å². The maximum atomic E-state index is 13.0. The van der Waals surface area contributed by atoms with Gasteiger partial charge in [-0.2, -0.15) is 0 Å². The Hall–Kier alpha value is -3.52. The number of fused-ring (bicyclic) bond motifs is 3. The number of rotatable bonds is 5. The van der Waals surface area contributed by atoms with Crippen LogP contribution >= 0.6 is 0 Å². The lowest BCUT2D eigenvalue weighted by Gasteiger charge is -2.16. The van der Waals surface area contributed by atoms with E-state index >= 15 is 0 Å². The number of urea groups is 1. The van der Waals surface area contributed by atoms with Crippen molar-refractivity contribution in [3.63, 3.8) is 0 Å². The molecular weight excluding hydrogens is 436 g/mol. The third-order valence-corrected chi connectivity index (χ3v) is 7.55. The Morgan fingerprint density at radius 3 is 2.27 bits per heavy atom. The van der Waals surface area contributed by atoms with Gasteiger partial charge in [0.15, 0.2) is 0 Å². The summed E-state index contributed by atoms with van der Waals surface area (Å²) in [6.45, 7) is 4.43. The minimum absolute atomic E-state index is 0.137. The van der Waals surface area contributed by atoms with Crippen molar-refractivity contribution in [3.8, 4) is 0 Å². The highest BCUT2D eigenvalue weighted by atomic mass is 32.2. The summed E-state index contributed by atoms with van der Waals surface area (Å²) in [5, 5.41) is 4.92. The normalized spacial score (nSPS) is 14.2. The van der Waals surface area contributed by atoms with E-state index in [0.717, 1.165) is 54.3 Å².